The summed E-state index contributed by atoms with van der Waals surface area (Å²) in [7, 11) is 0. The van der Waals surface area contributed by atoms with Crippen LogP contribution in [0.4, 0.5) is 0 Å². The van der Waals surface area contributed by atoms with Crippen molar-refractivity contribution in [3.8, 4) is 0 Å². The van der Waals surface area contributed by atoms with Gasteiger partial charge < -0.3 is 0 Å². The van der Waals surface area contributed by atoms with Crippen molar-refractivity contribution in [2.45, 2.75) is 48.0 Å². The topological polar surface area (TPSA) is 34.1 Å². The van der Waals surface area contributed by atoms with E-state index in [1.165, 1.54) is 0 Å². The maximum atomic E-state index is 12.2. The number of hydrogen-bond donors (Lipinski definition) is 0. The molecule has 20 heavy (non-hydrogen) atoms. The second kappa shape index (κ2) is 6.83. The summed E-state index contributed by atoms with van der Waals surface area (Å²) < 4.78 is 0. The second-order valence-electron chi connectivity index (χ2n) is 6.55. The van der Waals surface area contributed by atoms with Crippen molar-refractivity contribution in [1.82, 2.24) is 0 Å². The molecule has 1 aromatic rings. The standard InChI is InChI=1S/C18H26O2/c1-11(2)7-14-8-15(17(19)12(3)4)10-16(9-14)18(20)13(5)6/h8-13H,7H2,1-6H3. The molecule has 0 aliphatic heterocycles. The van der Waals surface area contributed by atoms with Crippen LogP contribution in [-0.4, -0.2) is 11.6 Å². The Balaban J connectivity index is 3.27. The van der Waals surface area contributed by atoms with E-state index in [1.807, 2.05) is 39.8 Å². The van der Waals surface area contributed by atoms with E-state index in [9.17, 15) is 9.59 Å². The van der Waals surface area contributed by atoms with Gasteiger partial charge in [0, 0.05) is 23.0 Å². The molecule has 1 aromatic carbocycles. The third-order valence-electron chi connectivity index (χ3n) is 3.25. The Labute approximate surface area is 122 Å². The molecular weight excluding hydrogens is 248 g/mol. The van der Waals surface area contributed by atoms with Gasteiger partial charge in [-0.2, -0.15) is 0 Å². The van der Waals surface area contributed by atoms with E-state index in [0.717, 1.165) is 12.0 Å². The largest absolute Gasteiger partial charge is 0.294 e. The molecule has 1 rings (SSSR count). The average Bonchev–Trinajstić information content (AvgIpc) is 2.35. The van der Waals surface area contributed by atoms with E-state index in [1.54, 1.807) is 6.07 Å². The Morgan fingerprint density at radius 1 is 0.800 bits per heavy atom. The lowest BCUT2D eigenvalue weighted by Gasteiger charge is -2.13. The molecule has 0 spiro atoms. The van der Waals surface area contributed by atoms with Crippen molar-refractivity contribution in [3.63, 3.8) is 0 Å². The normalized spacial score (nSPS) is 11.4. The van der Waals surface area contributed by atoms with Crippen molar-refractivity contribution in [3.05, 3.63) is 34.9 Å². The number of Topliss-reactive ketones (excluding diaryl/α,β-unsaturated/α-hetero) is 2. The summed E-state index contributed by atoms with van der Waals surface area (Å²) >= 11 is 0. The van der Waals surface area contributed by atoms with Gasteiger partial charge in [-0.1, -0.05) is 41.5 Å². The second-order valence-corrected chi connectivity index (χ2v) is 6.55. The van der Waals surface area contributed by atoms with Crippen LogP contribution in [-0.2, 0) is 6.42 Å². The summed E-state index contributed by atoms with van der Waals surface area (Å²) in [6.45, 7) is 11.8. The molecule has 0 N–H and O–H groups in total. The minimum atomic E-state index is -0.0497. The van der Waals surface area contributed by atoms with Crippen LogP contribution in [0.15, 0.2) is 18.2 Å². The fraction of sp³-hybridized carbons (Fsp3) is 0.556. The number of carbonyl (C=O) groups excluding carboxylic acids is 2. The summed E-state index contributed by atoms with van der Waals surface area (Å²) in [5.41, 5.74) is 2.42. The zero-order valence-corrected chi connectivity index (χ0v) is 13.5. The SMILES string of the molecule is CC(C)Cc1cc(C(=O)C(C)C)cc(C(=O)C(C)C)c1. The Bertz CT molecular complexity index is 458. The quantitative estimate of drug-likeness (QED) is 0.712. The van der Waals surface area contributed by atoms with Crippen LogP contribution in [0.25, 0.3) is 0 Å². The molecule has 0 aliphatic carbocycles. The van der Waals surface area contributed by atoms with Crippen LogP contribution >= 0.6 is 0 Å². The third kappa shape index (κ3) is 4.29. The van der Waals surface area contributed by atoms with E-state index in [0.29, 0.717) is 17.0 Å². The van der Waals surface area contributed by atoms with Crippen molar-refractivity contribution >= 4 is 11.6 Å². The van der Waals surface area contributed by atoms with E-state index in [4.69, 9.17) is 0 Å². The molecule has 2 heteroatoms. The number of hydrogen-bond acceptors (Lipinski definition) is 2. The van der Waals surface area contributed by atoms with Gasteiger partial charge >= 0.3 is 0 Å². The fourth-order valence-corrected chi connectivity index (χ4v) is 2.23. The Morgan fingerprint density at radius 3 is 1.50 bits per heavy atom. The fourth-order valence-electron chi connectivity index (χ4n) is 2.23. The molecule has 0 saturated heterocycles. The lowest BCUT2D eigenvalue weighted by atomic mass is 9.91. The number of benzene rings is 1. The molecule has 0 aliphatic rings. The lowest BCUT2D eigenvalue weighted by molar-refractivity contribution is 0.0938. The van der Waals surface area contributed by atoms with Gasteiger partial charge in [0.1, 0.15) is 0 Å². The number of ketones is 2. The Morgan fingerprint density at radius 2 is 1.20 bits per heavy atom. The first kappa shape index (κ1) is 16.6. The molecule has 0 bridgehead atoms. The van der Waals surface area contributed by atoms with Crippen LogP contribution < -0.4 is 0 Å². The molecule has 2 nitrogen and oxygen atoms in total. The minimum Gasteiger partial charge on any atom is -0.294 e. The molecule has 0 unspecified atom stereocenters. The van der Waals surface area contributed by atoms with Crippen LogP contribution in [0.2, 0.25) is 0 Å². The van der Waals surface area contributed by atoms with Gasteiger partial charge in [-0.25, -0.2) is 0 Å². The van der Waals surface area contributed by atoms with E-state index < -0.39 is 0 Å². The maximum Gasteiger partial charge on any atom is 0.165 e. The molecule has 0 heterocycles. The third-order valence-corrected chi connectivity index (χ3v) is 3.25. The highest BCUT2D eigenvalue weighted by molar-refractivity contribution is 6.02. The predicted molar refractivity (Wildman–Crippen MR) is 83.3 cm³/mol. The van der Waals surface area contributed by atoms with Crippen molar-refractivity contribution in [1.29, 1.82) is 0 Å². The lowest BCUT2D eigenvalue weighted by Crippen LogP contribution is -2.13. The van der Waals surface area contributed by atoms with Crippen LogP contribution in [0.3, 0.4) is 0 Å². The highest BCUT2D eigenvalue weighted by Crippen LogP contribution is 2.19. The zero-order valence-electron chi connectivity index (χ0n) is 13.5. The smallest absolute Gasteiger partial charge is 0.165 e. The monoisotopic (exact) mass is 274 g/mol. The average molecular weight is 274 g/mol. The molecule has 0 amide bonds. The molecule has 0 atom stereocenters. The van der Waals surface area contributed by atoms with Crippen LogP contribution in [0.1, 0.15) is 67.8 Å². The van der Waals surface area contributed by atoms with Gasteiger partial charge in [0.2, 0.25) is 0 Å². The summed E-state index contributed by atoms with van der Waals surface area (Å²) in [4.78, 5) is 24.4. The van der Waals surface area contributed by atoms with Gasteiger partial charge in [0.15, 0.2) is 11.6 Å². The summed E-state index contributed by atoms with van der Waals surface area (Å²) in [5.74, 6) is 0.612. The zero-order chi connectivity index (χ0) is 15.4. The molecule has 0 saturated carbocycles. The Kier molecular flexibility index (Phi) is 5.67. The van der Waals surface area contributed by atoms with Crippen LogP contribution in [0, 0.1) is 17.8 Å². The summed E-state index contributed by atoms with van der Waals surface area (Å²) in [6, 6.07) is 5.65. The minimum absolute atomic E-state index is 0.0497. The van der Waals surface area contributed by atoms with Gasteiger partial charge in [0.25, 0.3) is 0 Å². The Hall–Kier alpha value is -1.44. The maximum absolute atomic E-state index is 12.2. The van der Waals surface area contributed by atoms with Gasteiger partial charge in [-0.3, -0.25) is 9.59 Å². The van der Waals surface area contributed by atoms with Crippen molar-refractivity contribution < 1.29 is 9.59 Å². The highest BCUT2D eigenvalue weighted by Gasteiger charge is 2.17. The first-order chi connectivity index (χ1) is 9.22. The molecule has 110 valence electrons. The van der Waals surface area contributed by atoms with Gasteiger partial charge in [-0.15, -0.1) is 0 Å². The summed E-state index contributed by atoms with van der Waals surface area (Å²) in [6.07, 6.45) is 0.886. The molecule has 0 aromatic heterocycles. The molecular formula is C18H26O2. The number of rotatable bonds is 6. The van der Waals surface area contributed by atoms with E-state index in [-0.39, 0.29) is 23.4 Å². The molecule has 0 fully saturated rings. The predicted octanol–water partition coefficient (Wildman–Crippen LogP) is 4.56. The number of carbonyl (C=O) groups is 2. The van der Waals surface area contributed by atoms with Crippen LogP contribution in [0.5, 0.6) is 0 Å². The summed E-state index contributed by atoms with van der Waals surface area (Å²) in [5, 5.41) is 0. The van der Waals surface area contributed by atoms with Crippen molar-refractivity contribution in [2.24, 2.45) is 17.8 Å². The van der Waals surface area contributed by atoms with E-state index in [2.05, 4.69) is 13.8 Å². The van der Waals surface area contributed by atoms with Gasteiger partial charge in [0.05, 0.1) is 0 Å². The first-order valence-corrected chi connectivity index (χ1v) is 7.44. The van der Waals surface area contributed by atoms with E-state index >= 15 is 0 Å². The first-order valence-electron chi connectivity index (χ1n) is 7.44. The van der Waals surface area contributed by atoms with Gasteiger partial charge in [-0.05, 0) is 36.1 Å². The molecule has 0 radical (unpaired) electrons. The highest BCUT2D eigenvalue weighted by atomic mass is 16.1. The van der Waals surface area contributed by atoms with Crippen molar-refractivity contribution in [2.75, 3.05) is 0 Å².